The number of Topliss-reactive ketones (excluding diaryl/α,β-unsaturated/α-hetero) is 1. The fourth-order valence-electron chi connectivity index (χ4n) is 2.41. The van der Waals surface area contributed by atoms with Gasteiger partial charge in [-0.25, -0.2) is 0 Å². The van der Waals surface area contributed by atoms with E-state index in [4.69, 9.17) is 0 Å². The Morgan fingerprint density at radius 3 is 2.73 bits per heavy atom. The lowest BCUT2D eigenvalue weighted by atomic mass is 9.92. The minimum absolute atomic E-state index is 0.0780. The third kappa shape index (κ3) is 2.05. The Morgan fingerprint density at radius 2 is 2.05 bits per heavy atom. The number of rotatable bonds is 4. The van der Waals surface area contributed by atoms with Crippen LogP contribution in [0, 0.1) is 0 Å². The minimum atomic E-state index is -3.73. The first kappa shape index (κ1) is 14.2. The van der Waals surface area contributed by atoms with Crippen molar-refractivity contribution in [1.29, 1.82) is 0 Å². The van der Waals surface area contributed by atoms with Gasteiger partial charge in [0.2, 0.25) is 5.78 Å². The molecule has 0 spiro atoms. The maximum absolute atomic E-state index is 12.5. The molecule has 2 aliphatic rings. The quantitative estimate of drug-likeness (QED) is 0.864. The van der Waals surface area contributed by atoms with E-state index in [2.05, 4.69) is 22.9 Å². The highest BCUT2D eigenvalue weighted by molar-refractivity contribution is 7.90. The number of carbonyl (C=O) groups is 1. The molecule has 3 rings (SSSR count). The van der Waals surface area contributed by atoms with Crippen LogP contribution in [0.1, 0.15) is 15.9 Å². The fraction of sp³-hybridized carbons (Fsp3) is 0. The molecular formula is C16H12N2O3S. The maximum Gasteiger partial charge on any atom is 0.283 e. The molecule has 0 aromatic heterocycles. The molecule has 0 saturated carbocycles. The molecule has 0 saturated heterocycles. The van der Waals surface area contributed by atoms with E-state index in [1.165, 1.54) is 18.2 Å². The van der Waals surface area contributed by atoms with Crippen molar-refractivity contribution in [2.24, 2.45) is 4.40 Å². The summed E-state index contributed by atoms with van der Waals surface area (Å²) in [6.45, 7) is 7.23. The second-order valence-corrected chi connectivity index (χ2v) is 6.28. The molecule has 0 unspecified atom stereocenters. The standard InChI is InChI=1S/C16H12N2O3S/c1-3-6-10(4-2)17-13-9-12-15-11(16(13)19)7-5-8-14(15)22(20,21)18-12/h3-9,17H,1-2H2/b10-6+. The van der Waals surface area contributed by atoms with Gasteiger partial charge in [0.05, 0.1) is 16.3 Å². The lowest BCUT2D eigenvalue weighted by Gasteiger charge is -2.17. The average molecular weight is 312 g/mol. The van der Waals surface area contributed by atoms with Crippen molar-refractivity contribution >= 4 is 21.5 Å². The zero-order valence-electron chi connectivity index (χ0n) is 11.5. The van der Waals surface area contributed by atoms with E-state index in [1.807, 2.05) is 0 Å². The van der Waals surface area contributed by atoms with Gasteiger partial charge in [-0.2, -0.15) is 12.8 Å². The van der Waals surface area contributed by atoms with Crippen LogP contribution >= 0.6 is 0 Å². The molecule has 1 heterocycles. The van der Waals surface area contributed by atoms with Crippen molar-refractivity contribution in [3.8, 4) is 0 Å². The third-order valence-corrected chi connectivity index (χ3v) is 4.68. The zero-order valence-corrected chi connectivity index (χ0v) is 12.4. The molecule has 1 aromatic carbocycles. The molecule has 0 amide bonds. The van der Waals surface area contributed by atoms with Gasteiger partial charge in [-0.1, -0.05) is 31.4 Å². The summed E-state index contributed by atoms with van der Waals surface area (Å²) in [6, 6.07) is 4.59. The van der Waals surface area contributed by atoms with E-state index in [9.17, 15) is 13.2 Å². The van der Waals surface area contributed by atoms with Crippen molar-refractivity contribution < 1.29 is 13.2 Å². The molecule has 0 atom stereocenters. The van der Waals surface area contributed by atoms with Crippen molar-refractivity contribution in [2.45, 2.75) is 4.90 Å². The van der Waals surface area contributed by atoms with Gasteiger partial charge in [-0.3, -0.25) is 4.79 Å². The number of ketones is 1. The number of hydrogen-bond acceptors (Lipinski definition) is 4. The van der Waals surface area contributed by atoms with Crippen LogP contribution in [0.4, 0.5) is 0 Å². The van der Waals surface area contributed by atoms with Gasteiger partial charge in [0.1, 0.15) is 0 Å². The molecule has 110 valence electrons. The van der Waals surface area contributed by atoms with Gasteiger partial charge in [0, 0.05) is 16.8 Å². The fourth-order valence-corrected chi connectivity index (χ4v) is 3.63. The predicted molar refractivity (Wildman–Crippen MR) is 84.2 cm³/mol. The Bertz CT molecular complexity index is 919. The van der Waals surface area contributed by atoms with Crippen LogP contribution in [0.2, 0.25) is 0 Å². The summed E-state index contributed by atoms with van der Waals surface area (Å²) in [5.74, 6) is -0.287. The highest BCUT2D eigenvalue weighted by Crippen LogP contribution is 2.33. The van der Waals surface area contributed by atoms with E-state index >= 15 is 0 Å². The summed E-state index contributed by atoms with van der Waals surface area (Å²) in [4.78, 5) is 12.6. The maximum atomic E-state index is 12.5. The van der Waals surface area contributed by atoms with Crippen molar-refractivity contribution in [3.63, 3.8) is 0 Å². The first-order valence-electron chi connectivity index (χ1n) is 6.45. The molecule has 1 aromatic rings. The van der Waals surface area contributed by atoms with E-state index in [1.54, 1.807) is 24.3 Å². The summed E-state index contributed by atoms with van der Waals surface area (Å²) in [5, 5.41) is 2.92. The topological polar surface area (TPSA) is 75.6 Å². The minimum Gasteiger partial charge on any atom is -0.352 e. The first-order chi connectivity index (χ1) is 10.5. The van der Waals surface area contributed by atoms with Crippen LogP contribution < -0.4 is 5.32 Å². The van der Waals surface area contributed by atoms with E-state index in [0.29, 0.717) is 16.8 Å². The van der Waals surface area contributed by atoms with Gasteiger partial charge < -0.3 is 5.32 Å². The molecular weight excluding hydrogens is 300 g/mol. The Hall–Kier alpha value is -2.73. The third-order valence-electron chi connectivity index (χ3n) is 3.35. The van der Waals surface area contributed by atoms with Crippen LogP contribution in [0.25, 0.3) is 0 Å². The van der Waals surface area contributed by atoms with E-state index < -0.39 is 10.0 Å². The number of hydrogen-bond donors (Lipinski definition) is 1. The molecule has 0 bridgehead atoms. The Labute approximate surface area is 128 Å². The summed E-state index contributed by atoms with van der Waals surface area (Å²) >= 11 is 0. The molecule has 0 fully saturated rings. The summed E-state index contributed by atoms with van der Waals surface area (Å²) in [7, 11) is -3.73. The Morgan fingerprint density at radius 1 is 1.27 bits per heavy atom. The van der Waals surface area contributed by atoms with E-state index in [0.717, 1.165) is 0 Å². The van der Waals surface area contributed by atoms with E-state index in [-0.39, 0.29) is 22.1 Å². The second kappa shape index (κ2) is 4.92. The van der Waals surface area contributed by atoms with Crippen molar-refractivity contribution in [1.82, 2.24) is 5.32 Å². The Kier molecular flexibility index (Phi) is 3.18. The van der Waals surface area contributed by atoms with Gasteiger partial charge in [-0.15, -0.1) is 0 Å². The second-order valence-electron chi connectivity index (χ2n) is 4.70. The van der Waals surface area contributed by atoms with Crippen LogP contribution in [-0.2, 0) is 10.0 Å². The van der Waals surface area contributed by atoms with Gasteiger partial charge in [0.15, 0.2) is 0 Å². The normalized spacial score (nSPS) is 18.2. The largest absolute Gasteiger partial charge is 0.352 e. The van der Waals surface area contributed by atoms with Crippen molar-refractivity contribution in [2.75, 3.05) is 0 Å². The number of nitrogens with zero attached hydrogens (tertiary/aromatic N) is 1. The zero-order chi connectivity index (χ0) is 15.9. The van der Waals surface area contributed by atoms with Gasteiger partial charge in [0.25, 0.3) is 10.0 Å². The molecule has 0 radical (unpaired) electrons. The Balaban J connectivity index is 2.15. The molecule has 1 aliphatic carbocycles. The number of carbonyl (C=O) groups excluding carboxylic acids is 1. The van der Waals surface area contributed by atoms with Crippen LogP contribution in [0.5, 0.6) is 0 Å². The molecule has 1 aliphatic heterocycles. The van der Waals surface area contributed by atoms with Gasteiger partial charge >= 0.3 is 0 Å². The monoisotopic (exact) mass is 312 g/mol. The highest BCUT2D eigenvalue weighted by atomic mass is 32.2. The molecule has 6 heteroatoms. The lowest BCUT2D eigenvalue weighted by molar-refractivity contribution is 0.102. The van der Waals surface area contributed by atoms with Crippen LogP contribution in [-0.4, -0.2) is 19.9 Å². The highest BCUT2D eigenvalue weighted by Gasteiger charge is 2.35. The summed E-state index contributed by atoms with van der Waals surface area (Å²) < 4.78 is 27.8. The molecule has 1 N–H and O–H groups in total. The SMILES string of the molecule is C=C/C=C(\C=C)NC1=CC2=NS(=O)(=O)c3cccc(c32)C1=O. The lowest BCUT2D eigenvalue weighted by Crippen LogP contribution is -2.25. The van der Waals surface area contributed by atoms with Gasteiger partial charge in [-0.05, 0) is 24.3 Å². The number of benzene rings is 1. The smallest absolute Gasteiger partial charge is 0.283 e. The number of allylic oxidation sites excluding steroid dienone is 5. The van der Waals surface area contributed by atoms with Crippen LogP contribution in [0.3, 0.4) is 0 Å². The number of nitrogens with one attached hydrogen (secondary N) is 1. The number of sulfonamides is 1. The summed E-state index contributed by atoms with van der Waals surface area (Å²) in [5.41, 5.74) is 1.80. The summed E-state index contributed by atoms with van der Waals surface area (Å²) in [6.07, 6.45) is 6.19. The molecule has 5 nitrogen and oxygen atoms in total. The average Bonchev–Trinajstić information content (AvgIpc) is 2.75. The van der Waals surface area contributed by atoms with Crippen molar-refractivity contribution in [3.05, 3.63) is 78.2 Å². The van der Waals surface area contributed by atoms with Crippen LogP contribution in [0.15, 0.2) is 76.3 Å². The molecule has 22 heavy (non-hydrogen) atoms. The predicted octanol–water partition coefficient (Wildman–Crippen LogP) is 2.10. The first-order valence-corrected chi connectivity index (χ1v) is 7.89.